The lowest BCUT2D eigenvalue weighted by Crippen LogP contribution is -2.31. The fraction of sp³-hybridized carbons (Fsp3) is 0.294. The molecule has 8 heteroatoms. The fourth-order valence-corrected chi connectivity index (χ4v) is 2.77. The van der Waals surface area contributed by atoms with E-state index >= 15 is 0 Å². The molecule has 0 aliphatic carbocycles. The molecular weight excluding hydrogens is 322 g/mol. The van der Waals surface area contributed by atoms with Crippen molar-refractivity contribution < 1.29 is 4.79 Å². The summed E-state index contributed by atoms with van der Waals surface area (Å²) < 4.78 is 2.86. The minimum Gasteiger partial charge on any atom is -0.323 e. The van der Waals surface area contributed by atoms with E-state index in [0.29, 0.717) is 16.5 Å². The Hall–Kier alpha value is -3.16. The lowest BCUT2D eigenvalue weighted by Gasteiger charge is -2.08. The van der Waals surface area contributed by atoms with Crippen molar-refractivity contribution in [3.63, 3.8) is 0 Å². The van der Waals surface area contributed by atoms with E-state index in [-0.39, 0.29) is 30.0 Å². The van der Waals surface area contributed by atoms with Crippen LogP contribution in [0.2, 0.25) is 0 Å². The van der Waals surface area contributed by atoms with Crippen LogP contribution in [0.15, 0.2) is 33.9 Å². The van der Waals surface area contributed by atoms with Gasteiger partial charge in [-0.2, -0.15) is 5.10 Å². The van der Waals surface area contributed by atoms with Crippen molar-refractivity contribution in [2.75, 3.05) is 5.32 Å². The molecule has 0 saturated carbocycles. The highest BCUT2D eigenvalue weighted by atomic mass is 16.2. The summed E-state index contributed by atoms with van der Waals surface area (Å²) in [6.07, 6.45) is 0.0575. The molecule has 8 nitrogen and oxygen atoms in total. The smallest absolute Gasteiger partial charge is 0.273 e. The van der Waals surface area contributed by atoms with Crippen LogP contribution in [-0.4, -0.2) is 25.5 Å². The standard InChI is InChI=1S/C17H19N5O3/c1-10-15(11(2)21(3)19-10)18-14(23)8-9-22-17(25)13-7-5-4-6-12(13)16(24)20-22/h4-7H,8-9H2,1-3H3,(H,18,23)(H,20,24). The van der Waals surface area contributed by atoms with E-state index in [2.05, 4.69) is 15.5 Å². The number of aromatic nitrogens is 4. The van der Waals surface area contributed by atoms with Gasteiger partial charge in [0, 0.05) is 13.5 Å². The Morgan fingerprint density at radius 1 is 1.20 bits per heavy atom. The molecule has 0 saturated heterocycles. The number of carbonyl (C=O) groups excluding carboxylic acids is 1. The zero-order valence-corrected chi connectivity index (χ0v) is 14.3. The SMILES string of the molecule is Cc1nn(C)c(C)c1NC(=O)CCn1[nH]c(=O)c2ccccc2c1=O. The van der Waals surface area contributed by atoms with E-state index in [1.54, 1.807) is 36.0 Å². The lowest BCUT2D eigenvalue weighted by molar-refractivity contribution is -0.116. The van der Waals surface area contributed by atoms with Crippen LogP contribution < -0.4 is 16.4 Å². The number of carbonyl (C=O) groups is 1. The second-order valence-electron chi connectivity index (χ2n) is 5.91. The number of aromatic amines is 1. The normalized spacial score (nSPS) is 11.0. The number of amides is 1. The zero-order chi connectivity index (χ0) is 18.1. The molecule has 0 unspecified atom stereocenters. The number of hydrogen-bond acceptors (Lipinski definition) is 4. The third kappa shape index (κ3) is 3.10. The largest absolute Gasteiger partial charge is 0.323 e. The third-order valence-corrected chi connectivity index (χ3v) is 4.22. The Bertz CT molecular complexity index is 1070. The molecule has 0 aliphatic heterocycles. The van der Waals surface area contributed by atoms with Gasteiger partial charge in [-0.05, 0) is 26.0 Å². The maximum Gasteiger partial charge on any atom is 0.273 e. The second-order valence-corrected chi connectivity index (χ2v) is 5.91. The molecule has 3 rings (SSSR count). The van der Waals surface area contributed by atoms with Gasteiger partial charge in [0.15, 0.2) is 0 Å². The Morgan fingerprint density at radius 2 is 1.88 bits per heavy atom. The van der Waals surface area contributed by atoms with Gasteiger partial charge in [-0.15, -0.1) is 0 Å². The first-order chi connectivity index (χ1) is 11.9. The molecule has 25 heavy (non-hydrogen) atoms. The molecule has 3 aromatic rings. The predicted molar refractivity (Wildman–Crippen MR) is 94.8 cm³/mol. The van der Waals surface area contributed by atoms with E-state index in [1.165, 1.54) is 4.68 Å². The van der Waals surface area contributed by atoms with Gasteiger partial charge in [0.05, 0.1) is 34.4 Å². The van der Waals surface area contributed by atoms with Crippen LogP contribution in [-0.2, 0) is 18.4 Å². The molecule has 130 valence electrons. The summed E-state index contributed by atoms with van der Waals surface area (Å²) in [7, 11) is 1.80. The minimum absolute atomic E-state index is 0.0575. The van der Waals surface area contributed by atoms with Gasteiger partial charge in [-0.1, -0.05) is 12.1 Å². The van der Waals surface area contributed by atoms with E-state index in [9.17, 15) is 14.4 Å². The highest BCUT2D eigenvalue weighted by Gasteiger charge is 2.13. The Balaban J connectivity index is 1.79. The number of rotatable bonds is 4. The number of nitrogens with zero attached hydrogens (tertiary/aromatic N) is 3. The van der Waals surface area contributed by atoms with Gasteiger partial charge in [0.25, 0.3) is 11.1 Å². The monoisotopic (exact) mass is 341 g/mol. The summed E-state index contributed by atoms with van der Waals surface area (Å²) in [6, 6.07) is 6.61. The maximum absolute atomic E-state index is 12.4. The van der Waals surface area contributed by atoms with Gasteiger partial charge in [0.2, 0.25) is 5.91 Å². The van der Waals surface area contributed by atoms with Gasteiger partial charge < -0.3 is 5.32 Å². The van der Waals surface area contributed by atoms with Crippen LogP contribution in [0.1, 0.15) is 17.8 Å². The molecule has 0 fully saturated rings. The molecule has 2 N–H and O–H groups in total. The highest BCUT2D eigenvalue weighted by Crippen LogP contribution is 2.18. The van der Waals surface area contributed by atoms with Crippen LogP contribution in [0.4, 0.5) is 5.69 Å². The zero-order valence-electron chi connectivity index (χ0n) is 14.3. The Kier molecular flexibility index (Phi) is 4.26. The molecule has 2 heterocycles. The summed E-state index contributed by atoms with van der Waals surface area (Å²) in [4.78, 5) is 36.7. The average molecular weight is 341 g/mol. The molecule has 0 radical (unpaired) electrons. The number of benzene rings is 1. The lowest BCUT2D eigenvalue weighted by atomic mass is 10.2. The molecule has 0 spiro atoms. The van der Waals surface area contributed by atoms with Crippen molar-refractivity contribution in [1.82, 2.24) is 19.6 Å². The van der Waals surface area contributed by atoms with E-state index in [1.807, 2.05) is 13.8 Å². The van der Waals surface area contributed by atoms with Crippen LogP contribution in [0, 0.1) is 13.8 Å². The third-order valence-electron chi connectivity index (χ3n) is 4.22. The first-order valence-corrected chi connectivity index (χ1v) is 7.90. The van der Waals surface area contributed by atoms with Crippen LogP contribution in [0.3, 0.4) is 0 Å². The Labute approximate surface area is 143 Å². The number of fused-ring (bicyclic) bond motifs is 1. The second kappa shape index (κ2) is 6.39. The van der Waals surface area contributed by atoms with Crippen molar-refractivity contribution >= 4 is 22.4 Å². The first kappa shape index (κ1) is 16.7. The van der Waals surface area contributed by atoms with Crippen molar-refractivity contribution in [3.8, 4) is 0 Å². The van der Waals surface area contributed by atoms with E-state index in [0.717, 1.165) is 11.4 Å². The molecule has 0 bridgehead atoms. The summed E-state index contributed by atoms with van der Waals surface area (Å²) in [6.45, 7) is 3.76. The topological polar surface area (TPSA) is 102 Å². The number of H-pyrrole nitrogens is 1. The number of aryl methyl sites for hydroxylation is 3. The van der Waals surface area contributed by atoms with Gasteiger partial charge in [-0.25, -0.2) is 4.68 Å². The number of hydrogen-bond donors (Lipinski definition) is 2. The van der Waals surface area contributed by atoms with Crippen molar-refractivity contribution in [2.45, 2.75) is 26.8 Å². The molecule has 1 amide bonds. The molecule has 0 atom stereocenters. The predicted octanol–water partition coefficient (Wildman–Crippen LogP) is 1.07. The average Bonchev–Trinajstić information content (AvgIpc) is 2.83. The number of anilines is 1. The van der Waals surface area contributed by atoms with Crippen molar-refractivity contribution in [2.24, 2.45) is 7.05 Å². The molecule has 1 aromatic carbocycles. The van der Waals surface area contributed by atoms with Crippen LogP contribution in [0.5, 0.6) is 0 Å². The molecular formula is C17H19N5O3. The molecule has 2 aromatic heterocycles. The van der Waals surface area contributed by atoms with Crippen LogP contribution in [0.25, 0.3) is 10.8 Å². The van der Waals surface area contributed by atoms with Gasteiger partial charge in [-0.3, -0.25) is 24.2 Å². The highest BCUT2D eigenvalue weighted by molar-refractivity contribution is 5.91. The molecule has 0 aliphatic rings. The first-order valence-electron chi connectivity index (χ1n) is 7.90. The Morgan fingerprint density at radius 3 is 2.52 bits per heavy atom. The van der Waals surface area contributed by atoms with Crippen LogP contribution >= 0.6 is 0 Å². The summed E-state index contributed by atoms with van der Waals surface area (Å²) in [5, 5.41) is 10.2. The van der Waals surface area contributed by atoms with E-state index in [4.69, 9.17) is 0 Å². The summed E-state index contributed by atoms with van der Waals surface area (Å²) in [5.41, 5.74) is 1.57. The van der Waals surface area contributed by atoms with Gasteiger partial charge in [0.1, 0.15) is 0 Å². The quantitative estimate of drug-likeness (QED) is 0.741. The summed E-state index contributed by atoms with van der Waals surface area (Å²) >= 11 is 0. The fourth-order valence-electron chi connectivity index (χ4n) is 2.77. The van der Waals surface area contributed by atoms with Gasteiger partial charge >= 0.3 is 0 Å². The number of nitrogens with one attached hydrogen (secondary N) is 2. The van der Waals surface area contributed by atoms with Crippen molar-refractivity contribution in [3.05, 3.63) is 56.4 Å². The van der Waals surface area contributed by atoms with Crippen molar-refractivity contribution in [1.29, 1.82) is 0 Å². The summed E-state index contributed by atoms with van der Waals surface area (Å²) in [5.74, 6) is -0.250. The van der Waals surface area contributed by atoms with E-state index < -0.39 is 0 Å². The minimum atomic E-state index is -0.352. The maximum atomic E-state index is 12.4.